The summed E-state index contributed by atoms with van der Waals surface area (Å²) in [7, 11) is 0. The minimum absolute atomic E-state index is 0.152. The van der Waals surface area contributed by atoms with Crippen molar-refractivity contribution in [3.8, 4) is 0 Å². The Labute approximate surface area is 95.3 Å². The fourth-order valence-corrected chi connectivity index (χ4v) is 1.48. The summed E-state index contributed by atoms with van der Waals surface area (Å²) in [5, 5.41) is 27.8. The van der Waals surface area contributed by atoms with E-state index in [-0.39, 0.29) is 10.9 Å². The van der Waals surface area contributed by atoms with E-state index < -0.39 is 18.2 Å². The standard InChI is InChI=1S/C10H11BrO4/c11-5-8(12)9(13)6-1-3-7(4-2-6)10(14)15/h1-4,8-9,12-13H,5H2,(H,14,15). The van der Waals surface area contributed by atoms with Crippen molar-refractivity contribution in [2.45, 2.75) is 12.2 Å². The van der Waals surface area contributed by atoms with Crippen LogP contribution in [0.25, 0.3) is 0 Å². The van der Waals surface area contributed by atoms with Gasteiger partial charge >= 0.3 is 5.97 Å². The molecule has 0 amide bonds. The van der Waals surface area contributed by atoms with Crippen molar-refractivity contribution in [1.82, 2.24) is 0 Å². The summed E-state index contributed by atoms with van der Waals surface area (Å²) in [5.41, 5.74) is 0.645. The van der Waals surface area contributed by atoms with Gasteiger partial charge in [0.15, 0.2) is 0 Å². The summed E-state index contributed by atoms with van der Waals surface area (Å²) in [6, 6.07) is 5.75. The van der Waals surface area contributed by atoms with Gasteiger partial charge in [-0.15, -0.1) is 0 Å². The Kier molecular flexibility index (Phi) is 4.26. The van der Waals surface area contributed by atoms with Gasteiger partial charge in [-0.25, -0.2) is 4.79 Å². The largest absolute Gasteiger partial charge is 0.478 e. The van der Waals surface area contributed by atoms with Gasteiger partial charge in [-0.1, -0.05) is 28.1 Å². The van der Waals surface area contributed by atoms with Gasteiger partial charge in [-0.3, -0.25) is 0 Å². The summed E-state index contributed by atoms with van der Waals surface area (Å²) < 4.78 is 0. The summed E-state index contributed by atoms with van der Waals surface area (Å²) in [6.45, 7) is 0. The van der Waals surface area contributed by atoms with Crippen LogP contribution in [-0.4, -0.2) is 32.7 Å². The van der Waals surface area contributed by atoms with Crippen molar-refractivity contribution in [3.05, 3.63) is 35.4 Å². The van der Waals surface area contributed by atoms with Crippen molar-refractivity contribution < 1.29 is 20.1 Å². The summed E-state index contributed by atoms with van der Waals surface area (Å²) in [5.74, 6) is -1.02. The first-order valence-corrected chi connectivity index (χ1v) is 5.43. The molecule has 0 aliphatic heterocycles. The van der Waals surface area contributed by atoms with Gasteiger partial charge in [0.25, 0.3) is 0 Å². The van der Waals surface area contributed by atoms with Crippen LogP contribution in [0.2, 0.25) is 0 Å². The van der Waals surface area contributed by atoms with Gasteiger partial charge in [-0.05, 0) is 17.7 Å². The van der Waals surface area contributed by atoms with Crippen molar-refractivity contribution in [1.29, 1.82) is 0 Å². The maximum atomic E-state index is 10.6. The molecule has 0 aliphatic carbocycles. The van der Waals surface area contributed by atoms with Crippen molar-refractivity contribution in [3.63, 3.8) is 0 Å². The predicted molar refractivity (Wildman–Crippen MR) is 58.2 cm³/mol. The molecule has 0 aliphatic rings. The molecule has 0 fully saturated rings. The zero-order chi connectivity index (χ0) is 11.4. The van der Waals surface area contributed by atoms with Crippen LogP contribution >= 0.6 is 15.9 Å². The lowest BCUT2D eigenvalue weighted by molar-refractivity contribution is 0.0342. The molecule has 0 saturated heterocycles. The average molecular weight is 275 g/mol. The molecule has 82 valence electrons. The van der Waals surface area contributed by atoms with E-state index in [1.54, 1.807) is 0 Å². The molecule has 2 atom stereocenters. The number of aromatic carboxylic acids is 1. The fourth-order valence-electron chi connectivity index (χ4n) is 1.13. The van der Waals surface area contributed by atoms with Crippen LogP contribution < -0.4 is 0 Å². The maximum Gasteiger partial charge on any atom is 0.335 e. The quantitative estimate of drug-likeness (QED) is 0.721. The van der Waals surface area contributed by atoms with Crippen LogP contribution in [0.5, 0.6) is 0 Å². The lowest BCUT2D eigenvalue weighted by atomic mass is 10.0. The molecule has 2 unspecified atom stereocenters. The Balaban J connectivity index is 2.84. The zero-order valence-electron chi connectivity index (χ0n) is 7.80. The van der Waals surface area contributed by atoms with Crippen molar-refractivity contribution in [2.75, 3.05) is 5.33 Å². The number of carboxylic acid groups (broad SMARTS) is 1. The minimum Gasteiger partial charge on any atom is -0.478 e. The summed E-state index contributed by atoms with van der Waals surface area (Å²) >= 11 is 3.05. The first kappa shape index (κ1) is 12.2. The van der Waals surface area contributed by atoms with Crippen LogP contribution in [0.15, 0.2) is 24.3 Å². The van der Waals surface area contributed by atoms with E-state index >= 15 is 0 Å². The second-order valence-electron chi connectivity index (χ2n) is 3.09. The predicted octanol–water partition coefficient (Wildman–Crippen LogP) is 1.17. The zero-order valence-corrected chi connectivity index (χ0v) is 9.39. The summed E-state index contributed by atoms with van der Waals surface area (Å²) in [4.78, 5) is 10.6. The Morgan fingerprint density at radius 2 is 1.80 bits per heavy atom. The molecule has 0 saturated carbocycles. The first-order chi connectivity index (χ1) is 7.06. The van der Waals surface area contributed by atoms with E-state index in [0.29, 0.717) is 5.56 Å². The SMILES string of the molecule is O=C(O)c1ccc(C(O)C(O)CBr)cc1. The summed E-state index contributed by atoms with van der Waals surface area (Å²) in [6.07, 6.45) is -1.91. The number of halogens is 1. The molecule has 15 heavy (non-hydrogen) atoms. The Morgan fingerprint density at radius 3 is 2.20 bits per heavy atom. The Bertz CT molecular complexity index is 336. The van der Waals surface area contributed by atoms with E-state index in [4.69, 9.17) is 5.11 Å². The number of carboxylic acids is 1. The van der Waals surface area contributed by atoms with Crippen LogP contribution in [0.4, 0.5) is 0 Å². The number of carbonyl (C=O) groups is 1. The molecule has 0 spiro atoms. The van der Waals surface area contributed by atoms with Gasteiger partial charge in [0.05, 0.1) is 11.7 Å². The molecule has 0 aromatic heterocycles. The smallest absolute Gasteiger partial charge is 0.335 e. The van der Waals surface area contributed by atoms with Crippen molar-refractivity contribution >= 4 is 21.9 Å². The number of aliphatic hydroxyl groups excluding tert-OH is 2. The maximum absolute atomic E-state index is 10.6. The van der Waals surface area contributed by atoms with E-state index in [1.165, 1.54) is 24.3 Å². The molecule has 1 aromatic carbocycles. The van der Waals surface area contributed by atoms with Gasteiger partial charge in [0.1, 0.15) is 6.10 Å². The molecule has 4 nitrogen and oxygen atoms in total. The first-order valence-electron chi connectivity index (χ1n) is 4.31. The topological polar surface area (TPSA) is 77.8 Å². The fraction of sp³-hybridized carbons (Fsp3) is 0.300. The molecule has 0 heterocycles. The van der Waals surface area contributed by atoms with Gasteiger partial charge in [-0.2, -0.15) is 0 Å². The number of benzene rings is 1. The number of rotatable bonds is 4. The van der Waals surface area contributed by atoms with Crippen LogP contribution in [0.3, 0.4) is 0 Å². The molecular weight excluding hydrogens is 264 g/mol. The molecule has 0 bridgehead atoms. The minimum atomic E-state index is -1.02. The molecular formula is C10H11BrO4. The molecule has 1 rings (SSSR count). The molecule has 0 radical (unpaired) electrons. The highest BCUT2D eigenvalue weighted by Crippen LogP contribution is 2.18. The highest BCUT2D eigenvalue weighted by Gasteiger charge is 2.17. The molecule has 5 heteroatoms. The van der Waals surface area contributed by atoms with Crippen LogP contribution in [0, 0.1) is 0 Å². The Hall–Kier alpha value is -0.910. The molecule has 1 aromatic rings. The van der Waals surface area contributed by atoms with Crippen LogP contribution in [0.1, 0.15) is 22.0 Å². The average Bonchev–Trinajstić information content (AvgIpc) is 2.27. The third-order valence-electron chi connectivity index (χ3n) is 2.02. The molecule has 3 N–H and O–H groups in total. The third-order valence-corrected chi connectivity index (χ3v) is 2.69. The third kappa shape index (κ3) is 3.02. The van der Waals surface area contributed by atoms with Gasteiger partial charge in [0.2, 0.25) is 0 Å². The normalized spacial score (nSPS) is 14.6. The second kappa shape index (κ2) is 5.25. The lowest BCUT2D eigenvalue weighted by Crippen LogP contribution is -2.19. The van der Waals surface area contributed by atoms with E-state index in [0.717, 1.165) is 0 Å². The number of alkyl halides is 1. The number of hydrogen-bond donors (Lipinski definition) is 3. The highest BCUT2D eigenvalue weighted by atomic mass is 79.9. The van der Waals surface area contributed by atoms with E-state index in [9.17, 15) is 15.0 Å². The number of hydrogen-bond acceptors (Lipinski definition) is 3. The van der Waals surface area contributed by atoms with Crippen LogP contribution in [-0.2, 0) is 0 Å². The van der Waals surface area contributed by atoms with Gasteiger partial charge in [0, 0.05) is 5.33 Å². The Morgan fingerprint density at radius 1 is 1.27 bits per heavy atom. The van der Waals surface area contributed by atoms with E-state index in [2.05, 4.69) is 15.9 Å². The number of aliphatic hydroxyl groups is 2. The van der Waals surface area contributed by atoms with E-state index in [1.807, 2.05) is 0 Å². The second-order valence-corrected chi connectivity index (χ2v) is 3.74. The monoisotopic (exact) mass is 274 g/mol. The van der Waals surface area contributed by atoms with Crippen molar-refractivity contribution in [2.24, 2.45) is 0 Å². The highest BCUT2D eigenvalue weighted by molar-refractivity contribution is 9.09. The van der Waals surface area contributed by atoms with Gasteiger partial charge < -0.3 is 15.3 Å². The lowest BCUT2D eigenvalue weighted by Gasteiger charge is -2.15.